The first-order chi connectivity index (χ1) is 11.6. The summed E-state index contributed by atoms with van der Waals surface area (Å²) < 4.78 is 11.7. The number of ether oxygens (including phenoxy) is 2. The zero-order chi connectivity index (χ0) is 16.6. The Kier molecular flexibility index (Phi) is 4.35. The molecule has 4 rings (SSSR count). The second kappa shape index (κ2) is 6.48. The van der Waals surface area contributed by atoms with E-state index < -0.39 is 12.2 Å². The number of para-hydroxylation sites is 1. The lowest BCUT2D eigenvalue weighted by Gasteiger charge is -2.46. The Morgan fingerprint density at radius 2 is 1.92 bits per heavy atom. The Morgan fingerprint density at radius 1 is 1.12 bits per heavy atom. The predicted molar refractivity (Wildman–Crippen MR) is 90.9 cm³/mol. The van der Waals surface area contributed by atoms with Crippen molar-refractivity contribution in [3.63, 3.8) is 0 Å². The van der Waals surface area contributed by atoms with E-state index in [0.717, 1.165) is 43.8 Å². The lowest BCUT2D eigenvalue weighted by atomic mass is 9.82. The molecule has 0 aliphatic carbocycles. The number of aliphatic hydroxyl groups is 2. The van der Waals surface area contributed by atoms with E-state index in [4.69, 9.17) is 9.47 Å². The van der Waals surface area contributed by atoms with E-state index in [1.807, 2.05) is 18.2 Å². The third-order valence-corrected chi connectivity index (χ3v) is 5.47. The highest BCUT2D eigenvalue weighted by atomic mass is 16.5. The molecule has 2 atom stereocenters. The Hall–Kier alpha value is -1.40. The first kappa shape index (κ1) is 16.1. The summed E-state index contributed by atoms with van der Waals surface area (Å²) in [5.41, 5.74) is 2.20. The first-order valence-corrected chi connectivity index (χ1v) is 8.77. The molecule has 3 heterocycles. The molecule has 0 radical (unpaired) electrons. The van der Waals surface area contributed by atoms with Crippen LogP contribution in [-0.2, 0) is 4.74 Å². The zero-order valence-electron chi connectivity index (χ0n) is 13.9. The van der Waals surface area contributed by atoms with Gasteiger partial charge in [0.05, 0.1) is 18.3 Å². The monoisotopic (exact) mass is 331 g/mol. The number of benzene rings is 1. The maximum absolute atomic E-state index is 9.95. The number of piperidine rings is 1. The van der Waals surface area contributed by atoms with Crippen molar-refractivity contribution < 1.29 is 19.7 Å². The van der Waals surface area contributed by atoms with Crippen LogP contribution in [0.5, 0.6) is 5.75 Å². The highest BCUT2D eigenvalue weighted by Gasteiger charge is 2.42. The van der Waals surface area contributed by atoms with E-state index in [2.05, 4.69) is 17.0 Å². The molecule has 2 saturated heterocycles. The van der Waals surface area contributed by atoms with E-state index in [9.17, 15) is 10.2 Å². The molecule has 0 unspecified atom stereocenters. The molecular weight excluding hydrogens is 306 g/mol. The number of fused-ring (bicyclic) bond motifs is 1. The van der Waals surface area contributed by atoms with Crippen molar-refractivity contribution in [1.29, 1.82) is 0 Å². The Balaban J connectivity index is 1.35. The fourth-order valence-electron chi connectivity index (χ4n) is 3.96. The highest BCUT2D eigenvalue weighted by Crippen LogP contribution is 2.35. The molecule has 1 aromatic rings. The molecule has 0 saturated carbocycles. The molecule has 0 bridgehead atoms. The van der Waals surface area contributed by atoms with Crippen LogP contribution < -0.4 is 4.74 Å². The minimum atomic E-state index is -0.738. The Morgan fingerprint density at radius 3 is 2.71 bits per heavy atom. The normalized spacial score (nSPS) is 29.7. The van der Waals surface area contributed by atoms with Crippen LogP contribution in [-0.4, -0.2) is 65.8 Å². The molecular formula is C19H25NO4. The fourth-order valence-corrected chi connectivity index (χ4v) is 3.96. The minimum absolute atomic E-state index is 0.247. The van der Waals surface area contributed by atoms with Crippen LogP contribution in [0.25, 0.3) is 6.08 Å². The molecule has 5 heteroatoms. The maximum Gasteiger partial charge on any atom is 0.127 e. The van der Waals surface area contributed by atoms with Gasteiger partial charge in [-0.3, -0.25) is 4.90 Å². The molecule has 2 N–H and O–H groups in total. The quantitative estimate of drug-likeness (QED) is 0.859. The van der Waals surface area contributed by atoms with Gasteiger partial charge in [-0.2, -0.15) is 0 Å². The topological polar surface area (TPSA) is 62.2 Å². The van der Waals surface area contributed by atoms with Gasteiger partial charge in [0, 0.05) is 31.6 Å². The predicted octanol–water partition coefficient (Wildman–Crippen LogP) is 1.44. The largest absolute Gasteiger partial charge is 0.489 e. The summed E-state index contributed by atoms with van der Waals surface area (Å²) in [4.78, 5) is 2.43. The average Bonchev–Trinajstić information content (AvgIpc) is 2.61. The van der Waals surface area contributed by atoms with Crippen LogP contribution in [0.2, 0.25) is 0 Å². The van der Waals surface area contributed by atoms with Gasteiger partial charge in [-0.25, -0.2) is 0 Å². The number of hydrogen-bond acceptors (Lipinski definition) is 5. The van der Waals surface area contributed by atoms with Crippen molar-refractivity contribution in [2.45, 2.75) is 37.1 Å². The average molecular weight is 331 g/mol. The molecule has 3 aliphatic heterocycles. The Labute approximate surface area is 142 Å². The van der Waals surface area contributed by atoms with Crippen molar-refractivity contribution in [3.05, 3.63) is 35.4 Å². The molecule has 5 nitrogen and oxygen atoms in total. The molecule has 0 amide bonds. The first-order valence-electron chi connectivity index (χ1n) is 8.77. The van der Waals surface area contributed by atoms with Crippen LogP contribution in [0.1, 0.15) is 24.8 Å². The number of nitrogens with zero attached hydrogens (tertiary/aromatic N) is 1. The van der Waals surface area contributed by atoms with Crippen LogP contribution in [0.15, 0.2) is 29.8 Å². The van der Waals surface area contributed by atoms with E-state index in [1.54, 1.807) is 0 Å². The van der Waals surface area contributed by atoms with E-state index in [1.165, 1.54) is 5.57 Å². The summed E-state index contributed by atoms with van der Waals surface area (Å²) in [5.74, 6) is 0.960. The summed E-state index contributed by atoms with van der Waals surface area (Å²) in [5, 5.41) is 19.6. The van der Waals surface area contributed by atoms with Gasteiger partial charge in [-0.1, -0.05) is 18.2 Å². The maximum atomic E-state index is 9.95. The smallest absolute Gasteiger partial charge is 0.127 e. The summed E-state index contributed by atoms with van der Waals surface area (Å²) in [6.45, 7) is 3.70. The summed E-state index contributed by atoms with van der Waals surface area (Å²) in [6.07, 6.45) is 3.19. The van der Waals surface area contributed by atoms with E-state index >= 15 is 0 Å². The lowest BCUT2D eigenvalue weighted by Crippen LogP contribution is -2.54. The third-order valence-electron chi connectivity index (χ3n) is 5.47. The second-order valence-corrected chi connectivity index (χ2v) is 7.24. The van der Waals surface area contributed by atoms with Gasteiger partial charge in [0.25, 0.3) is 0 Å². The summed E-state index contributed by atoms with van der Waals surface area (Å²) in [7, 11) is 0. The van der Waals surface area contributed by atoms with Crippen molar-refractivity contribution in [1.82, 2.24) is 4.90 Å². The van der Waals surface area contributed by atoms with Gasteiger partial charge in [0.2, 0.25) is 0 Å². The standard InChI is InChI=1S/C19H25NO4/c21-16-10-19(24-13-17(16)22)5-7-20(8-6-19)11-14-9-15-3-1-2-4-18(15)23-12-14/h1-4,9,16-17,21-22H,5-8,10-13H2/t16-,17+/m1/s1. The fraction of sp³-hybridized carbons (Fsp3) is 0.579. The van der Waals surface area contributed by atoms with Crippen molar-refractivity contribution in [2.24, 2.45) is 0 Å². The van der Waals surface area contributed by atoms with Gasteiger partial charge < -0.3 is 19.7 Å². The van der Waals surface area contributed by atoms with Crippen LogP contribution in [0.4, 0.5) is 0 Å². The molecule has 3 aliphatic rings. The number of hydrogen-bond donors (Lipinski definition) is 2. The molecule has 24 heavy (non-hydrogen) atoms. The van der Waals surface area contributed by atoms with Crippen molar-refractivity contribution in [2.75, 3.05) is 32.8 Å². The minimum Gasteiger partial charge on any atom is -0.489 e. The lowest BCUT2D eigenvalue weighted by molar-refractivity contribution is -0.187. The van der Waals surface area contributed by atoms with Gasteiger partial charge in [0.1, 0.15) is 18.5 Å². The number of likely N-dealkylation sites (tertiary alicyclic amines) is 1. The SMILES string of the molecule is O[C@@H]1CC2(CCN(CC3=Cc4ccccc4OC3)CC2)OC[C@@H]1O. The van der Waals surface area contributed by atoms with Gasteiger partial charge >= 0.3 is 0 Å². The summed E-state index contributed by atoms with van der Waals surface area (Å²) in [6, 6.07) is 8.12. The summed E-state index contributed by atoms with van der Waals surface area (Å²) >= 11 is 0. The van der Waals surface area contributed by atoms with Crippen LogP contribution in [0, 0.1) is 0 Å². The number of rotatable bonds is 2. The molecule has 130 valence electrons. The van der Waals surface area contributed by atoms with E-state index in [0.29, 0.717) is 13.0 Å². The number of aliphatic hydroxyl groups excluding tert-OH is 2. The molecule has 2 fully saturated rings. The zero-order valence-corrected chi connectivity index (χ0v) is 13.9. The van der Waals surface area contributed by atoms with Crippen LogP contribution in [0.3, 0.4) is 0 Å². The third kappa shape index (κ3) is 3.22. The second-order valence-electron chi connectivity index (χ2n) is 7.24. The van der Waals surface area contributed by atoms with Gasteiger partial charge in [-0.15, -0.1) is 0 Å². The van der Waals surface area contributed by atoms with E-state index in [-0.39, 0.29) is 12.2 Å². The molecule has 0 aromatic heterocycles. The van der Waals surface area contributed by atoms with Crippen LogP contribution >= 0.6 is 0 Å². The van der Waals surface area contributed by atoms with Gasteiger partial charge in [-0.05, 0) is 30.6 Å². The molecule has 1 spiro atoms. The Bertz CT molecular complexity index is 622. The van der Waals surface area contributed by atoms with Gasteiger partial charge in [0.15, 0.2) is 0 Å². The van der Waals surface area contributed by atoms with Crippen molar-refractivity contribution in [3.8, 4) is 5.75 Å². The van der Waals surface area contributed by atoms with Crippen molar-refractivity contribution >= 4 is 6.08 Å². The highest BCUT2D eigenvalue weighted by molar-refractivity contribution is 5.62. The molecule has 1 aromatic carbocycles.